The summed E-state index contributed by atoms with van der Waals surface area (Å²) in [5.74, 6) is -1.45. The molecule has 0 bridgehead atoms. The van der Waals surface area contributed by atoms with Crippen LogP contribution in [0.15, 0.2) is 10.5 Å². The van der Waals surface area contributed by atoms with Crippen LogP contribution in [0.25, 0.3) is 0 Å². The van der Waals surface area contributed by atoms with E-state index in [1.54, 1.807) is 20.8 Å². The number of rotatable bonds is 5. The van der Waals surface area contributed by atoms with Crippen molar-refractivity contribution < 1.29 is 22.7 Å². The van der Waals surface area contributed by atoms with Crippen molar-refractivity contribution in [3.63, 3.8) is 0 Å². The number of carboxylic acids is 1. The lowest BCUT2D eigenvalue weighted by atomic mass is 10.3. The number of hydrogen-bond donors (Lipinski definition) is 1. The van der Waals surface area contributed by atoms with E-state index in [0.29, 0.717) is 12.0 Å². The predicted octanol–water partition coefficient (Wildman–Crippen LogP) is 2.00. The third-order valence-corrected chi connectivity index (χ3v) is 4.94. The van der Waals surface area contributed by atoms with Crippen LogP contribution in [0.2, 0.25) is 0 Å². The topological polar surface area (TPSA) is 84.6 Å². The van der Waals surface area contributed by atoms with E-state index < -0.39 is 21.1 Å². The van der Waals surface area contributed by atoms with Gasteiger partial charge < -0.3 is 9.52 Å². The molecule has 0 radical (unpaired) electrons. The van der Waals surface area contributed by atoms with Crippen LogP contribution in [0, 0.1) is 6.92 Å². The highest BCUT2D eigenvalue weighted by Crippen LogP contribution is 2.19. The second-order valence-electron chi connectivity index (χ2n) is 4.06. The second-order valence-corrected chi connectivity index (χ2v) is 6.48. The Balaban J connectivity index is 2.97. The first kappa shape index (κ1) is 13.8. The number of aryl methyl sites for hydroxylation is 1. The van der Waals surface area contributed by atoms with E-state index in [4.69, 9.17) is 9.52 Å². The minimum absolute atomic E-state index is 0.181. The van der Waals surface area contributed by atoms with Crippen molar-refractivity contribution >= 4 is 15.8 Å². The zero-order chi connectivity index (χ0) is 13.2. The van der Waals surface area contributed by atoms with E-state index >= 15 is 0 Å². The summed E-state index contributed by atoms with van der Waals surface area (Å²) in [7, 11) is -3.28. The lowest BCUT2D eigenvalue weighted by Crippen LogP contribution is -2.18. The molecule has 1 heterocycles. The highest BCUT2D eigenvalue weighted by Gasteiger charge is 2.23. The Morgan fingerprint density at radius 1 is 1.53 bits per heavy atom. The number of carbonyl (C=O) groups is 1. The fourth-order valence-electron chi connectivity index (χ4n) is 1.43. The lowest BCUT2D eigenvalue weighted by Gasteiger charge is -2.08. The molecule has 1 rings (SSSR count). The van der Waals surface area contributed by atoms with Crippen molar-refractivity contribution in [1.29, 1.82) is 0 Å². The number of sulfone groups is 1. The van der Waals surface area contributed by atoms with Crippen LogP contribution in [0.1, 0.15) is 42.1 Å². The molecule has 1 aromatic heterocycles. The maximum absolute atomic E-state index is 11.8. The average Bonchev–Trinajstić information content (AvgIpc) is 2.57. The van der Waals surface area contributed by atoms with E-state index in [0.717, 1.165) is 0 Å². The zero-order valence-corrected chi connectivity index (χ0v) is 10.9. The van der Waals surface area contributed by atoms with Crippen LogP contribution >= 0.6 is 0 Å². The van der Waals surface area contributed by atoms with Gasteiger partial charge in [0.05, 0.1) is 5.25 Å². The molecule has 0 fully saturated rings. The third-order valence-electron chi connectivity index (χ3n) is 2.69. The summed E-state index contributed by atoms with van der Waals surface area (Å²) >= 11 is 0. The predicted molar refractivity (Wildman–Crippen MR) is 62.8 cm³/mol. The number of hydrogen-bond acceptors (Lipinski definition) is 4. The minimum atomic E-state index is -3.28. The van der Waals surface area contributed by atoms with Gasteiger partial charge in [-0.05, 0) is 26.3 Å². The summed E-state index contributed by atoms with van der Waals surface area (Å²) in [5, 5.41) is 8.33. The quantitative estimate of drug-likeness (QED) is 0.875. The maximum atomic E-state index is 11.8. The monoisotopic (exact) mass is 260 g/mol. The van der Waals surface area contributed by atoms with Gasteiger partial charge in [-0.15, -0.1) is 0 Å². The van der Waals surface area contributed by atoms with Crippen molar-refractivity contribution in [3.8, 4) is 0 Å². The molecule has 1 aromatic rings. The standard InChI is InChI=1S/C11H16O5S/c1-4-8(3)17(14,15)6-9-5-7(2)10(16-9)11(12)13/h5,8H,4,6H2,1-3H3,(H,12,13). The van der Waals surface area contributed by atoms with E-state index in [1.165, 1.54) is 6.07 Å². The SMILES string of the molecule is CCC(C)S(=O)(=O)Cc1cc(C)c(C(=O)O)o1. The fraction of sp³-hybridized carbons (Fsp3) is 0.545. The first-order valence-electron chi connectivity index (χ1n) is 5.32. The Labute approximate surface area is 100 Å². The highest BCUT2D eigenvalue weighted by molar-refractivity contribution is 7.91. The van der Waals surface area contributed by atoms with Crippen molar-refractivity contribution in [3.05, 3.63) is 23.2 Å². The van der Waals surface area contributed by atoms with Crippen molar-refractivity contribution in [1.82, 2.24) is 0 Å². The van der Waals surface area contributed by atoms with Crippen LogP contribution in [0.5, 0.6) is 0 Å². The molecular formula is C11H16O5S. The van der Waals surface area contributed by atoms with Crippen molar-refractivity contribution in [2.45, 2.75) is 38.2 Å². The number of furan rings is 1. The summed E-state index contributed by atoms with van der Waals surface area (Å²) in [6.45, 7) is 4.99. The van der Waals surface area contributed by atoms with Gasteiger partial charge in [-0.3, -0.25) is 0 Å². The molecular weight excluding hydrogens is 244 g/mol. The Kier molecular flexibility index (Phi) is 3.98. The van der Waals surface area contributed by atoms with Crippen molar-refractivity contribution in [2.24, 2.45) is 0 Å². The smallest absolute Gasteiger partial charge is 0.372 e. The summed E-state index contributed by atoms with van der Waals surface area (Å²) < 4.78 is 28.7. The van der Waals surface area contributed by atoms with Crippen molar-refractivity contribution in [2.75, 3.05) is 0 Å². The molecule has 0 aliphatic carbocycles. The molecule has 17 heavy (non-hydrogen) atoms. The Bertz CT molecular complexity index is 512. The molecule has 0 saturated carbocycles. The van der Waals surface area contributed by atoms with E-state index in [-0.39, 0.29) is 17.3 Å². The molecule has 0 amide bonds. The molecule has 1 atom stereocenters. The second kappa shape index (κ2) is 4.91. The molecule has 1 N–H and O–H groups in total. The molecule has 0 saturated heterocycles. The molecule has 96 valence electrons. The van der Waals surface area contributed by atoms with Gasteiger partial charge in [0, 0.05) is 5.56 Å². The summed E-state index contributed by atoms with van der Waals surface area (Å²) in [5.41, 5.74) is 0.437. The van der Waals surface area contributed by atoms with Gasteiger partial charge in [-0.1, -0.05) is 6.92 Å². The number of carboxylic acid groups (broad SMARTS) is 1. The van der Waals surface area contributed by atoms with Gasteiger partial charge in [-0.25, -0.2) is 13.2 Å². The van der Waals surface area contributed by atoms with Gasteiger partial charge in [-0.2, -0.15) is 0 Å². The summed E-state index contributed by atoms with van der Waals surface area (Å²) in [6.07, 6.45) is 0.522. The highest BCUT2D eigenvalue weighted by atomic mass is 32.2. The fourth-order valence-corrected chi connectivity index (χ4v) is 2.76. The largest absolute Gasteiger partial charge is 0.475 e. The Morgan fingerprint density at radius 2 is 2.12 bits per heavy atom. The zero-order valence-electron chi connectivity index (χ0n) is 10.1. The minimum Gasteiger partial charge on any atom is -0.475 e. The van der Waals surface area contributed by atoms with Crippen LogP contribution in [0.3, 0.4) is 0 Å². The van der Waals surface area contributed by atoms with Crippen LogP contribution < -0.4 is 0 Å². The molecule has 0 aromatic carbocycles. The van der Waals surface area contributed by atoms with Crippen LogP contribution in [-0.2, 0) is 15.6 Å². The van der Waals surface area contributed by atoms with E-state index in [2.05, 4.69) is 0 Å². The summed E-state index contributed by atoms with van der Waals surface area (Å²) in [6, 6.07) is 1.46. The third kappa shape index (κ3) is 3.09. The van der Waals surface area contributed by atoms with Gasteiger partial charge in [0.15, 0.2) is 9.84 Å². The molecule has 5 nitrogen and oxygen atoms in total. The lowest BCUT2D eigenvalue weighted by molar-refractivity contribution is 0.0659. The molecule has 0 spiro atoms. The van der Waals surface area contributed by atoms with E-state index in [1.807, 2.05) is 0 Å². The first-order valence-corrected chi connectivity index (χ1v) is 7.03. The maximum Gasteiger partial charge on any atom is 0.372 e. The van der Waals surface area contributed by atoms with Gasteiger partial charge >= 0.3 is 5.97 Å². The van der Waals surface area contributed by atoms with Crippen LogP contribution in [-0.4, -0.2) is 24.7 Å². The molecule has 6 heteroatoms. The molecule has 0 aliphatic heterocycles. The first-order chi connectivity index (χ1) is 7.77. The van der Waals surface area contributed by atoms with Gasteiger partial charge in [0.25, 0.3) is 0 Å². The summed E-state index contributed by atoms with van der Waals surface area (Å²) in [4.78, 5) is 10.7. The van der Waals surface area contributed by atoms with Crippen LogP contribution in [0.4, 0.5) is 0 Å². The molecule has 1 unspecified atom stereocenters. The number of aromatic carboxylic acids is 1. The van der Waals surface area contributed by atoms with Gasteiger partial charge in [0.2, 0.25) is 5.76 Å². The van der Waals surface area contributed by atoms with E-state index in [9.17, 15) is 13.2 Å². The normalized spacial score (nSPS) is 13.6. The molecule has 0 aliphatic rings. The Hall–Kier alpha value is -1.30. The average molecular weight is 260 g/mol. The van der Waals surface area contributed by atoms with Gasteiger partial charge in [0.1, 0.15) is 11.5 Å². The Morgan fingerprint density at radius 3 is 2.53 bits per heavy atom.